The molecule has 0 aliphatic rings. The lowest BCUT2D eigenvalue weighted by Crippen LogP contribution is -2.04. The van der Waals surface area contributed by atoms with Crippen molar-refractivity contribution in [2.24, 2.45) is 0 Å². The fraction of sp³-hybridized carbons (Fsp3) is 0.267. The predicted molar refractivity (Wildman–Crippen MR) is 159 cm³/mol. The van der Waals surface area contributed by atoms with Crippen LogP contribution >= 0.6 is 0 Å². The number of anilines is 2. The molecule has 6 aromatic rings. The second-order valence-electron chi connectivity index (χ2n) is 9.96. The van der Waals surface area contributed by atoms with Gasteiger partial charge < -0.3 is 19.8 Å². The van der Waals surface area contributed by atoms with Gasteiger partial charge in [0.1, 0.15) is 23.7 Å². The van der Waals surface area contributed by atoms with Crippen molar-refractivity contribution in [1.82, 2.24) is 39.0 Å². The lowest BCUT2D eigenvalue weighted by Gasteiger charge is -2.08. The molecule has 0 aliphatic heterocycles. The molecule has 0 spiro atoms. The van der Waals surface area contributed by atoms with Gasteiger partial charge in [-0.1, -0.05) is 60.7 Å². The van der Waals surface area contributed by atoms with E-state index in [1.54, 1.807) is 12.7 Å². The number of fused-ring (bicyclic) bond motifs is 2. The van der Waals surface area contributed by atoms with Crippen molar-refractivity contribution in [3.8, 4) is 0 Å². The van der Waals surface area contributed by atoms with E-state index in [1.807, 2.05) is 58.2 Å². The van der Waals surface area contributed by atoms with E-state index in [4.69, 9.17) is 0 Å². The van der Waals surface area contributed by atoms with Crippen molar-refractivity contribution in [3.63, 3.8) is 0 Å². The molecule has 40 heavy (non-hydrogen) atoms. The van der Waals surface area contributed by atoms with Gasteiger partial charge in [0.15, 0.2) is 22.9 Å². The average molecular weight is 535 g/mol. The van der Waals surface area contributed by atoms with Crippen LogP contribution in [0.3, 0.4) is 0 Å². The molecule has 0 aliphatic carbocycles. The number of nitrogens with one attached hydrogen (secondary N) is 2. The van der Waals surface area contributed by atoms with Gasteiger partial charge in [-0.05, 0) is 38.8 Å². The fourth-order valence-corrected chi connectivity index (χ4v) is 4.28. The zero-order valence-electron chi connectivity index (χ0n) is 23.2. The Kier molecular flexibility index (Phi) is 8.24. The van der Waals surface area contributed by atoms with E-state index < -0.39 is 0 Å². The summed E-state index contributed by atoms with van der Waals surface area (Å²) in [6.07, 6.45) is 6.79. The second kappa shape index (κ2) is 12.3. The normalized spacial score (nSPS) is 11.2. The summed E-state index contributed by atoms with van der Waals surface area (Å²) >= 11 is 0. The molecular formula is C30H34N10. The van der Waals surface area contributed by atoms with Gasteiger partial charge in [-0.2, -0.15) is 0 Å². The molecule has 204 valence electrons. The monoisotopic (exact) mass is 534 g/mol. The summed E-state index contributed by atoms with van der Waals surface area (Å²) in [5, 5.41) is 6.66. The summed E-state index contributed by atoms with van der Waals surface area (Å²) in [5.74, 6) is 1.55. The van der Waals surface area contributed by atoms with Crippen LogP contribution in [0.4, 0.5) is 11.6 Å². The molecule has 0 saturated heterocycles. The number of nitrogens with zero attached hydrogens (tertiary/aromatic N) is 8. The number of imidazole rings is 2. The highest BCUT2D eigenvalue weighted by Crippen LogP contribution is 2.22. The Balaban J connectivity index is 0.000000161. The van der Waals surface area contributed by atoms with Crippen molar-refractivity contribution in [3.05, 3.63) is 97.1 Å². The van der Waals surface area contributed by atoms with Gasteiger partial charge in [0, 0.05) is 25.2 Å². The third kappa shape index (κ3) is 6.06. The third-order valence-corrected chi connectivity index (χ3v) is 6.44. The van der Waals surface area contributed by atoms with E-state index in [1.165, 1.54) is 11.1 Å². The van der Waals surface area contributed by atoms with Gasteiger partial charge in [0.05, 0.1) is 12.7 Å². The Morgan fingerprint density at radius 3 is 1.32 bits per heavy atom. The highest BCUT2D eigenvalue weighted by atomic mass is 15.2. The summed E-state index contributed by atoms with van der Waals surface area (Å²) in [4.78, 5) is 26.1. The van der Waals surface area contributed by atoms with Gasteiger partial charge >= 0.3 is 0 Å². The Morgan fingerprint density at radius 1 is 0.550 bits per heavy atom. The van der Waals surface area contributed by atoms with Crippen LogP contribution in [0.25, 0.3) is 22.3 Å². The Hall–Kier alpha value is -4.86. The van der Waals surface area contributed by atoms with Crippen LogP contribution in [0.2, 0.25) is 0 Å². The molecule has 6 rings (SSSR count). The van der Waals surface area contributed by atoms with Gasteiger partial charge in [-0.25, -0.2) is 29.9 Å². The minimum atomic E-state index is 0.330. The van der Waals surface area contributed by atoms with Crippen LogP contribution in [0, 0.1) is 0 Å². The Bertz CT molecular complexity index is 1530. The first-order valence-corrected chi connectivity index (χ1v) is 13.4. The highest BCUT2D eigenvalue weighted by molar-refractivity contribution is 5.83. The smallest absolute Gasteiger partial charge is 0.165 e. The van der Waals surface area contributed by atoms with E-state index in [0.717, 1.165) is 47.1 Å². The first-order chi connectivity index (χ1) is 19.5. The predicted octanol–water partition coefficient (Wildman–Crippen LogP) is 6.04. The number of rotatable bonds is 8. The van der Waals surface area contributed by atoms with Gasteiger partial charge in [-0.3, -0.25) is 0 Å². The maximum Gasteiger partial charge on any atom is 0.165 e. The Morgan fingerprint density at radius 2 is 0.950 bits per heavy atom. The molecule has 0 atom stereocenters. The Labute approximate surface area is 233 Å². The van der Waals surface area contributed by atoms with E-state index in [9.17, 15) is 0 Å². The van der Waals surface area contributed by atoms with Crippen LogP contribution in [-0.4, -0.2) is 39.0 Å². The molecule has 0 saturated carbocycles. The van der Waals surface area contributed by atoms with Crippen LogP contribution in [0.1, 0.15) is 50.9 Å². The summed E-state index contributed by atoms with van der Waals surface area (Å²) in [5.41, 5.74) is 5.79. The lowest BCUT2D eigenvalue weighted by molar-refractivity contribution is 0.612. The zero-order valence-corrected chi connectivity index (χ0v) is 23.2. The van der Waals surface area contributed by atoms with Crippen LogP contribution in [-0.2, 0) is 13.1 Å². The van der Waals surface area contributed by atoms with E-state index >= 15 is 0 Å². The van der Waals surface area contributed by atoms with Gasteiger partial charge in [0.2, 0.25) is 0 Å². The quantitative estimate of drug-likeness (QED) is 0.243. The molecule has 10 nitrogen and oxygen atoms in total. The molecular weight excluding hydrogens is 500 g/mol. The molecule has 0 unspecified atom stereocenters. The fourth-order valence-electron chi connectivity index (χ4n) is 4.28. The third-order valence-electron chi connectivity index (χ3n) is 6.44. The van der Waals surface area contributed by atoms with Gasteiger partial charge in [-0.15, -0.1) is 0 Å². The minimum Gasteiger partial charge on any atom is -0.364 e. The van der Waals surface area contributed by atoms with Crippen molar-refractivity contribution in [2.75, 3.05) is 10.6 Å². The largest absolute Gasteiger partial charge is 0.364 e. The summed E-state index contributed by atoms with van der Waals surface area (Å²) in [6.45, 7) is 9.89. The van der Waals surface area contributed by atoms with Crippen molar-refractivity contribution in [1.29, 1.82) is 0 Å². The maximum absolute atomic E-state index is 4.43. The van der Waals surface area contributed by atoms with Crippen LogP contribution in [0.15, 0.2) is 86.0 Å². The van der Waals surface area contributed by atoms with Crippen LogP contribution in [0.5, 0.6) is 0 Å². The SMILES string of the molecule is CC(C)n1cnc2c(NCc3ccccc3)ncnc21.CC(C)n1cnc2c(NCc3ccccc3)ncnc21. The van der Waals surface area contributed by atoms with Crippen molar-refractivity contribution < 1.29 is 0 Å². The number of hydrogen-bond donors (Lipinski definition) is 2. The molecule has 0 amide bonds. The van der Waals surface area contributed by atoms with Crippen molar-refractivity contribution in [2.45, 2.75) is 52.9 Å². The summed E-state index contributed by atoms with van der Waals surface area (Å²) in [7, 11) is 0. The lowest BCUT2D eigenvalue weighted by atomic mass is 10.2. The molecule has 4 aromatic heterocycles. The standard InChI is InChI=1S/2C15H17N5/c2*1-11(2)20-10-19-13-14(17-9-18-15(13)20)16-8-12-6-4-3-5-7-12/h2*3-7,9-11H,8H2,1-2H3,(H,16,17,18). The topological polar surface area (TPSA) is 111 Å². The highest BCUT2D eigenvalue weighted by Gasteiger charge is 2.12. The minimum absolute atomic E-state index is 0.330. The maximum atomic E-state index is 4.43. The molecule has 2 aromatic carbocycles. The first-order valence-electron chi connectivity index (χ1n) is 13.4. The molecule has 10 heteroatoms. The van der Waals surface area contributed by atoms with E-state index in [0.29, 0.717) is 12.1 Å². The molecule has 2 N–H and O–H groups in total. The zero-order chi connectivity index (χ0) is 27.9. The van der Waals surface area contributed by atoms with E-state index in [2.05, 4.69) is 92.5 Å². The second-order valence-corrected chi connectivity index (χ2v) is 9.96. The number of hydrogen-bond acceptors (Lipinski definition) is 8. The first kappa shape index (κ1) is 26.7. The summed E-state index contributed by atoms with van der Waals surface area (Å²) < 4.78 is 4.09. The molecule has 0 fully saturated rings. The molecule has 4 heterocycles. The number of aromatic nitrogens is 8. The molecule has 0 radical (unpaired) electrons. The molecule has 0 bridgehead atoms. The van der Waals surface area contributed by atoms with Crippen LogP contribution < -0.4 is 10.6 Å². The van der Waals surface area contributed by atoms with Crippen molar-refractivity contribution >= 4 is 34.0 Å². The summed E-state index contributed by atoms with van der Waals surface area (Å²) in [6, 6.07) is 21.1. The number of benzene rings is 2. The van der Waals surface area contributed by atoms with E-state index in [-0.39, 0.29) is 0 Å². The average Bonchev–Trinajstić information content (AvgIpc) is 3.62. The van der Waals surface area contributed by atoms with Gasteiger partial charge in [0.25, 0.3) is 0 Å².